The van der Waals surface area contributed by atoms with E-state index in [-0.39, 0.29) is 12.0 Å². The molecule has 0 saturated heterocycles. The second-order valence-corrected chi connectivity index (χ2v) is 5.65. The SMILES string of the molecule is Cc1ccc(Nc2cn(C(=O)Nc3cccc(C)c3)c(N)n2)cc1. The first-order chi connectivity index (χ1) is 11.5. The van der Waals surface area contributed by atoms with Crippen LogP contribution in [0.15, 0.2) is 54.7 Å². The minimum absolute atomic E-state index is 0.120. The molecule has 0 spiro atoms. The van der Waals surface area contributed by atoms with Gasteiger partial charge in [-0.05, 0) is 43.7 Å². The van der Waals surface area contributed by atoms with Crippen LogP contribution in [0, 0.1) is 13.8 Å². The summed E-state index contributed by atoms with van der Waals surface area (Å²) in [7, 11) is 0. The maximum atomic E-state index is 12.4. The lowest BCUT2D eigenvalue weighted by molar-refractivity contribution is 0.254. The van der Waals surface area contributed by atoms with Crippen molar-refractivity contribution in [2.24, 2.45) is 0 Å². The van der Waals surface area contributed by atoms with Crippen molar-refractivity contribution in [1.29, 1.82) is 0 Å². The van der Waals surface area contributed by atoms with Gasteiger partial charge in [0.1, 0.15) is 0 Å². The van der Waals surface area contributed by atoms with Crippen molar-refractivity contribution in [3.05, 3.63) is 65.9 Å². The predicted octanol–water partition coefficient (Wildman–Crippen LogP) is 3.91. The Hall–Kier alpha value is -3.28. The second kappa shape index (κ2) is 6.45. The van der Waals surface area contributed by atoms with E-state index in [1.54, 1.807) is 6.20 Å². The number of imidazole rings is 1. The van der Waals surface area contributed by atoms with Gasteiger partial charge in [0.05, 0.1) is 6.20 Å². The van der Waals surface area contributed by atoms with E-state index in [1.165, 1.54) is 10.1 Å². The molecule has 122 valence electrons. The minimum atomic E-state index is -0.359. The first-order valence-corrected chi connectivity index (χ1v) is 7.58. The molecule has 1 aromatic heterocycles. The average molecular weight is 321 g/mol. The highest BCUT2D eigenvalue weighted by Crippen LogP contribution is 2.18. The molecule has 0 aliphatic heterocycles. The number of benzene rings is 2. The van der Waals surface area contributed by atoms with Crippen molar-refractivity contribution < 1.29 is 4.79 Å². The summed E-state index contributed by atoms with van der Waals surface area (Å²) in [5, 5.41) is 5.93. The third-order valence-corrected chi connectivity index (χ3v) is 3.55. The van der Waals surface area contributed by atoms with E-state index in [9.17, 15) is 4.79 Å². The molecule has 0 unspecified atom stereocenters. The van der Waals surface area contributed by atoms with E-state index < -0.39 is 0 Å². The van der Waals surface area contributed by atoms with Gasteiger partial charge in [-0.15, -0.1) is 0 Å². The molecule has 0 aliphatic rings. The van der Waals surface area contributed by atoms with Crippen LogP contribution in [0.25, 0.3) is 0 Å². The molecule has 0 bridgehead atoms. The van der Waals surface area contributed by atoms with E-state index in [2.05, 4.69) is 15.6 Å². The Morgan fingerprint density at radius 3 is 2.50 bits per heavy atom. The lowest BCUT2D eigenvalue weighted by Gasteiger charge is -2.07. The standard InChI is InChI=1S/C18H19N5O/c1-12-6-8-14(9-7-12)20-16-11-23(17(19)22-16)18(24)21-15-5-3-4-13(2)10-15/h3-11,20H,1-2H3,(H2,19,22)(H,21,24). The Bertz CT molecular complexity index is 867. The molecule has 6 heteroatoms. The fourth-order valence-corrected chi connectivity index (χ4v) is 2.31. The van der Waals surface area contributed by atoms with Gasteiger partial charge in [-0.3, -0.25) is 0 Å². The first-order valence-electron chi connectivity index (χ1n) is 7.58. The molecule has 4 N–H and O–H groups in total. The molecule has 0 saturated carbocycles. The van der Waals surface area contributed by atoms with Crippen LogP contribution >= 0.6 is 0 Å². The number of amides is 1. The summed E-state index contributed by atoms with van der Waals surface area (Å²) < 4.78 is 1.28. The predicted molar refractivity (Wildman–Crippen MR) is 96.7 cm³/mol. The summed E-state index contributed by atoms with van der Waals surface area (Å²) in [4.78, 5) is 16.5. The second-order valence-electron chi connectivity index (χ2n) is 5.65. The zero-order valence-electron chi connectivity index (χ0n) is 13.6. The van der Waals surface area contributed by atoms with E-state index >= 15 is 0 Å². The van der Waals surface area contributed by atoms with Crippen LogP contribution < -0.4 is 16.4 Å². The maximum absolute atomic E-state index is 12.4. The van der Waals surface area contributed by atoms with Crippen molar-refractivity contribution >= 4 is 29.2 Å². The van der Waals surface area contributed by atoms with E-state index in [0.29, 0.717) is 11.5 Å². The van der Waals surface area contributed by atoms with Crippen LogP contribution in [-0.2, 0) is 0 Å². The number of hydrogen-bond acceptors (Lipinski definition) is 4. The lowest BCUT2D eigenvalue weighted by Crippen LogP contribution is -2.20. The third-order valence-electron chi connectivity index (χ3n) is 3.55. The number of carbonyl (C=O) groups excluding carboxylic acids is 1. The highest BCUT2D eigenvalue weighted by Gasteiger charge is 2.12. The van der Waals surface area contributed by atoms with Gasteiger partial charge >= 0.3 is 6.03 Å². The number of nitrogens with zero attached hydrogens (tertiary/aromatic N) is 2. The van der Waals surface area contributed by atoms with E-state index in [4.69, 9.17) is 5.73 Å². The van der Waals surface area contributed by atoms with Gasteiger partial charge in [-0.1, -0.05) is 29.8 Å². The summed E-state index contributed by atoms with van der Waals surface area (Å²) in [6.07, 6.45) is 1.57. The highest BCUT2D eigenvalue weighted by atomic mass is 16.2. The molecule has 6 nitrogen and oxygen atoms in total. The Morgan fingerprint density at radius 1 is 1.04 bits per heavy atom. The Kier molecular flexibility index (Phi) is 4.20. The fraction of sp³-hybridized carbons (Fsp3) is 0.111. The van der Waals surface area contributed by atoms with Crippen molar-refractivity contribution in [1.82, 2.24) is 9.55 Å². The van der Waals surface area contributed by atoms with Crippen LogP contribution in [0.1, 0.15) is 11.1 Å². The zero-order chi connectivity index (χ0) is 17.1. The summed E-state index contributed by atoms with van der Waals surface area (Å²) in [5.41, 5.74) is 9.68. The summed E-state index contributed by atoms with van der Waals surface area (Å²) in [5.74, 6) is 0.630. The van der Waals surface area contributed by atoms with Gasteiger partial charge in [-0.2, -0.15) is 4.98 Å². The van der Waals surface area contributed by atoms with Crippen LogP contribution in [0.2, 0.25) is 0 Å². The average Bonchev–Trinajstić information content (AvgIpc) is 2.90. The molecule has 2 aromatic carbocycles. The van der Waals surface area contributed by atoms with Gasteiger partial charge in [0.15, 0.2) is 5.82 Å². The van der Waals surface area contributed by atoms with Crippen molar-refractivity contribution in [2.45, 2.75) is 13.8 Å². The smallest absolute Gasteiger partial charge is 0.332 e. The highest BCUT2D eigenvalue weighted by molar-refractivity contribution is 5.93. The molecule has 0 atom stereocenters. The molecule has 0 fully saturated rings. The lowest BCUT2D eigenvalue weighted by atomic mass is 10.2. The largest absolute Gasteiger partial charge is 0.369 e. The van der Waals surface area contributed by atoms with Crippen LogP contribution in [0.5, 0.6) is 0 Å². The molecular weight excluding hydrogens is 302 g/mol. The maximum Gasteiger partial charge on any atom is 0.332 e. The van der Waals surface area contributed by atoms with Gasteiger partial charge in [0, 0.05) is 11.4 Å². The van der Waals surface area contributed by atoms with Crippen molar-refractivity contribution in [3.8, 4) is 0 Å². The number of nitrogens with two attached hydrogens (primary N) is 1. The number of carbonyl (C=O) groups is 1. The van der Waals surface area contributed by atoms with E-state index in [1.807, 2.05) is 62.4 Å². The summed E-state index contributed by atoms with van der Waals surface area (Å²) in [6.45, 7) is 3.98. The van der Waals surface area contributed by atoms with Crippen molar-refractivity contribution in [2.75, 3.05) is 16.4 Å². The fourth-order valence-electron chi connectivity index (χ4n) is 2.31. The topological polar surface area (TPSA) is 85.0 Å². The molecule has 3 rings (SSSR count). The summed E-state index contributed by atoms with van der Waals surface area (Å²) >= 11 is 0. The minimum Gasteiger partial charge on any atom is -0.369 e. The molecular formula is C18H19N5O. The monoisotopic (exact) mass is 321 g/mol. The molecule has 0 aliphatic carbocycles. The zero-order valence-corrected chi connectivity index (χ0v) is 13.6. The van der Waals surface area contributed by atoms with Crippen LogP contribution in [-0.4, -0.2) is 15.6 Å². The Morgan fingerprint density at radius 2 is 1.79 bits per heavy atom. The number of anilines is 4. The molecule has 1 heterocycles. The molecule has 3 aromatic rings. The van der Waals surface area contributed by atoms with Gasteiger partial charge in [-0.25, -0.2) is 9.36 Å². The van der Waals surface area contributed by atoms with Gasteiger partial charge < -0.3 is 16.4 Å². The third kappa shape index (κ3) is 3.55. The van der Waals surface area contributed by atoms with E-state index in [0.717, 1.165) is 11.3 Å². The normalized spacial score (nSPS) is 10.4. The Balaban J connectivity index is 1.75. The first kappa shape index (κ1) is 15.6. The number of aromatic nitrogens is 2. The number of nitrogens with one attached hydrogen (secondary N) is 2. The number of aryl methyl sites for hydroxylation is 2. The number of nitrogen functional groups attached to an aromatic ring is 1. The molecule has 24 heavy (non-hydrogen) atoms. The Labute approximate surface area is 140 Å². The quantitative estimate of drug-likeness (QED) is 0.683. The van der Waals surface area contributed by atoms with Crippen LogP contribution in [0.3, 0.4) is 0 Å². The van der Waals surface area contributed by atoms with Crippen molar-refractivity contribution in [3.63, 3.8) is 0 Å². The van der Waals surface area contributed by atoms with Crippen LogP contribution in [0.4, 0.5) is 27.9 Å². The van der Waals surface area contributed by atoms with Gasteiger partial charge in [0.2, 0.25) is 5.95 Å². The summed E-state index contributed by atoms with van der Waals surface area (Å²) in [6, 6.07) is 15.1. The molecule has 0 radical (unpaired) electrons. The van der Waals surface area contributed by atoms with Gasteiger partial charge in [0.25, 0.3) is 0 Å². The number of rotatable bonds is 3. The number of hydrogen-bond donors (Lipinski definition) is 3. The molecule has 1 amide bonds.